The first-order chi connectivity index (χ1) is 8.61. The molecule has 94 valence electrons. The van der Waals surface area contributed by atoms with E-state index in [0.717, 1.165) is 14.5 Å². The van der Waals surface area contributed by atoms with Crippen LogP contribution in [0.15, 0.2) is 39.5 Å². The quantitative estimate of drug-likeness (QED) is 0.899. The molecule has 0 amide bonds. The molecule has 1 unspecified atom stereocenters. The predicted octanol–water partition coefficient (Wildman–Crippen LogP) is 3.06. The average molecular weight is 373 g/mol. The summed E-state index contributed by atoms with van der Waals surface area (Å²) in [7, 11) is 1.55. The van der Waals surface area contributed by atoms with Crippen molar-refractivity contribution in [2.75, 3.05) is 7.11 Å². The maximum atomic E-state index is 6.21. The van der Waals surface area contributed by atoms with Gasteiger partial charge in [-0.15, -0.1) is 0 Å². The first kappa shape index (κ1) is 13.5. The van der Waals surface area contributed by atoms with Gasteiger partial charge in [-0.2, -0.15) is 0 Å². The molecule has 0 fully saturated rings. The number of nitrogens with zero attached hydrogens (tertiary/aromatic N) is 2. The minimum absolute atomic E-state index is 0.387. The Morgan fingerprint density at radius 3 is 2.33 bits per heavy atom. The summed E-state index contributed by atoms with van der Waals surface area (Å²) in [6, 6.07) is 5.46. The van der Waals surface area contributed by atoms with Gasteiger partial charge in [0, 0.05) is 21.3 Å². The molecule has 2 aromatic rings. The zero-order valence-corrected chi connectivity index (χ0v) is 12.8. The Labute approximate surface area is 122 Å². The molecule has 0 aliphatic carbocycles. The lowest BCUT2D eigenvalue weighted by atomic mass is 10.0. The van der Waals surface area contributed by atoms with Crippen molar-refractivity contribution < 1.29 is 4.74 Å². The van der Waals surface area contributed by atoms with Gasteiger partial charge < -0.3 is 10.5 Å². The summed E-state index contributed by atoms with van der Waals surface area (Å²) in [5, 5.41) is 0. The molecule has 0 bridgehead atoms. The van der Waals surface area contributed by atoms with E-state index < -0.39 is 0 Å². The van der Waals surface area contributed by atoms with Gasteiger partial charge in [0.15, 0.2) is 0 Å². The number of ether oxygens (including phenoxy) is 1. The second kappa shape index (κ2) is 5.77. The van der Waals surface area contributed by atoms with Crippen molar-refractivity contribution in [3.05, 3.63) is 50.8 Å². The lowest BCUT2D eigenvalue weighted by Crippen LogP contribution is -2.15. The third-order valence-corrected chi connectivity index (χ3v) is 3.34. The second-order valence-electron chi connectivity index (χ2n) is 3.63. The van der Waals surface area contributed by atoms with Crippen LogP contribution in [0.3, 0.4) is 0 Å². The molecule has 2 N–H and O–H groups in total. The minimum Gasteiger partial charge on any atom is -0.480 e. The lowest BCUT2D eigenvalue weighted by molar-refractivity contribution is 0.387. The van der Waals surface area contributed by atoms with Gasteiger partial charge in [0.2, 0.25) is 5.88 Å². The third kappa shape index (κ3) is 2.88. The van der Waals surface area contributed by atoms with Gasteiger partial charge in [0.1, 0.15) is 5.69 Å². The molecule has 4 nitrogen and oxygen atoms in total. The van der Waals surface area contributed by atoms with Crippen molar-refractivity contribution in [1.82, 2.24) is 9.97 Å². The van der Waals surface area contributed by atoms with Crippen LogP contribution in [-0.4, -0.2) is 17.1 Å². The highest BCUT2D eigenvalue weighted by Crippen LogP contribution is 2.28. The van der Waals surface area contributed by atoms with E-state index in [0.29, 0.717) is 11.6 Å². The van der Waals surface area contributed by atoms with E-state index in [9.17, 15) is 0 Å². The molecular weight excluding hydrogens is 362 g/mol. The number of nitrogens with two attached hydrogens (primary N) is 1. The Balaban J connectivity index is 2.44. The van der Waals surface area contributed by atoms with E-state index in [-0.39, 0.29) is 6.04 Å². The van der Waals surface area contributed by atoms with E-state index in [1.54, 1.807) is 19.5 Å². The number of benzene rings is 1. The van der Waals surface area contributed by atoms with E-state index in [1.165, 1.54) is 0 Å². The maximum absolute atomic E-state index is 6.21. The molecule has 0 saturated carbocycles. The van der Waals surface area contributed by atoms with Gasteiger partial charge in [0.05, 0.1) is 13.2 Å². The standard InChI is InChI=1S/C12H11Br2N3O/c1-18-12-11(16-2-3-17-12)10(15)7-4-8(13)6-9(14)5-7/h2-6,10H,15H2,1H3. The van der Waals surface area contributed by atoms with Gasteiger partial charge in [-0.05, 0) is 23.8 Å². The number of aromatic nitrogens is 2. The van der Waals surface area contributed by atoms with Gasteiger partial charge in [0.25, 0.3) is 0 Å². The van der Waals surface area contributed by atoms with Crippen LogP contribution in [-0.2, 0) is 0 Å². The van der Waals surface area contributed by atoms with E-state index in [4.69, 9.17) is 10.5 Å². The Kier molecular flexibility index (Phi) is 4.31. The maximum Gasteiger partial charge on any atom is 0.237 e. The normalized spacial score (nSPS) is 12.2. The summed E-state index contributed by atoms with van der Waals surface area (Å²) in [6.07, 6.45) is 3.18. The monoisotopic (exact) mass is 371 g/mol. The van der Waals surface area contributed by atoms with Crippen LogP contribution in [0, 0.1) is 0 Å². The number of methoxy groups -OCH3 is 1. The van der Waals surface area contributed by atoms with Crippen LogP contribution < -0.4 is 10.5 Å². The predicted molar refractivity (Wildman–Crippen MR) is 76.5 cm³/mol. The zero-order chi connectivity index (χ0) is 13.1. The SMILES string of the molecule is COc1nccnc1C(N)c1cc(Br)cc(Br)c1. The number of hydrogen-bond donors (Lipinski definition) is 1. The molecule has 2 rings (SSSR count). The van der Waals surface area contributed by atoms with Crippen LogP contribution in [0.1, 0.15) is 17.3 Å². The molecule has 6 heteroatoms. The van der Waals surface area contributed by atoms with Crippen LogP contribution >= 0.6 is 31.9 Å². The topological polar surface area (TPSA) is 61.0 Å². The van der Waals surface area contributed by atoms with Crippen LogP contribution in [0.25, 0.3) is 0 Å². The fourth-order valence-electron chi connectivity index (χ4n) is 1.62. The average Bonchev–Trinajstić information content (AvgIpc) is 2.36. The molecule has 1 aromatic heterocycles. The molecule has 0 aliphatic rings. The highest BCUT2D eigenvalue weighted by atomic mass is 79.9. The second-order valence-corrected chi connectivity index (χ2v) is 5.46. The smallest absolute Gasteiger partial charge is 0.237 e. The Morgan fingerprint density at radius 2 is 1.72 bits per heavy atom. The molecule has 18 heavy (non-hydrogen) atoms. The van der Waals surface area contributed by atoms with Gasteiger partial charge in [-0.3, -0.25) is 4.98 Å². The molecule has 1 heterocycles. The summed E-state index contributed by atoms with van der Waals surface area (Å²) in [6.45, 7) is 0. The first-order valence-corrected chi connectivity index (χ1v) is 6.77. The molecule has 0 saturated heterocycles. The summed E-state index contributed by atoms with van der Waals surface area (Å²) >= 11 is 6.87. The van der Waals surface area contributed by atoms with E-state index >= 15 is 0 Å². The summed E-state index contributed by atoms with van der Waals surface area (Å²) < 4.78 is 7.07. The Hall–Kier alpha value is -0.980. The third-order valence-electron chi connectivity index (χ3n) is 2.42. The summed E-state index contributed by atoms with van der Waals surface area (Å²) in [5.74, 6) is 0.445. The zero-order valence-electron chi connectivity index (χ0n) is 9.60. The highest BCUT2D eigenvalue weighted by molar-refractivity contribution is 9.11. The van der Waals surface area contributed by atoms with E-state index in [1.807, 2.05) is 18.2 Å². The van der Waals surface area contributed by atoms with Gasteiger partial charge in [-0.1, -0.05) is 31.9 Å². The van der Waals surface area contributed by atoms with Crippen molar-refractivity contribution in [3.8, 4) is 5.88 Å². The lowest BCUT2D eigenvalue weighted by Gasteiger charge is -2.14. The van der Waals surface area contributed by atoms with Crippen LogP contribution in [0.2, 0.25) is 0 Å². The van der Waals surface area contributed by atoms with Crippen molar-refractivity contribution in [3.63, 3.8) is 0 Å². The number of halogens is 2. The van der Waals surface area contributed by atoms with Crippen molar-refractivity contribution in [1.29, 1.82) is 0 Å². The minimum atomic E-state index is -0.387. The first-order valence-electron chi connectivity index (χ1n) is 5.18. The summed E-state index contributed by atoms with van der Waals surface area (Å²) in [5.41, 5.74) is 7.75. The molecule has 0 spiro atoms. The molecular formula is C12H11Br2N3O. The number of hydrogen-bond acceptors (Lipinski definition) is 4. The van der Waals surface area contributed by atoms with Crippen molar-refractivity contribution in [2.45, 2.75) is 6.04 Å². The Bertz CT molecular complexity index is 543. The fourth-order valence-corrected chi connectivity index (χ4v) is 2.95. The van der Waals surface area contributed by atoms with Gasteiger partial charge >= 0.3 is 0 Å². The molecule has 1 atom stereocenters. The van der Waals surface area contributed by atoms with Gasteiger partial charge in [-0.25, -0.2) is 4.98 Å². The van der Waals surface area contributed by atoms with E-state index in [2.05, 4.69) is 41.8 Å². The molecule has 1 aromatic carbocycles. The van der Waals surface area contributed by atoms with Crippen molar-refractivity contribution in [2.24, 2.45) is 5.73 Å². The fraction of sp³-hybridized carbons (Fsp3) is 0.167. The van der Waals surface area contributed by atoms with Crippen LogP contribution in [0.4, 0.5) is 0 Å². The highest BCUT2D eigenvalue weighted by Gasteiger charge is 2.17. The molecule has 0 aliphatic heterocycles. The molecule has 0 radical (unpaired) electrons. The van der Waals surface area contributed by atoms with Crippen LogP contribution in [0.5, 0.6) is 5.88 Å². The Morgan fingerprint density at radius 1 is 1.11 bits per heavy atom. The largest absolute Gasteiger partial charge is 0.480 e. The van der Waals surface area contributed by atoms with Crippen molar-refractivity contribution >= 4 is 31.9 Å². The number of rotatable bonds is 3. The summed E-state index contributed by atoms with van der Waals surface area (Å²) in [4.78, 5) is 8.34.